The van der Waals surface area contributed by atoms with Gasteiger partial charge in [-0.05, 0) is 57.8 Å². The lowest BCUT2D eigenvalue weighted by Gasteiger charge is -2.18. The van der Waals surface area contributed by atoms with Crippen molar-refractivity contribution in [2.45, 2.75) is 419 Å². The Kier molecular flexibility index (Phi) is 69.1. The highest BCUT2D eigenvalue weighted by Gasteiger charge is 2.19. The first kappa shape index (κ1) is 79.6. The largest absolute Gasteiger partial charge is 0.462 e. The highest BCUT2D eigenvalue weighted by molar-refractivity contribution is 5.71. The highest BCUT2D eigenvalue weighted by Crippen LogP contribution is 2.19. The topological polar surface area (TPSA) is 78.9 Å². The third-order valence-electron chi connectivity index (χ3n) is 16.9. The van der Waals surface area contributed by atoms with Gasteiger partial charge in [0.1, 0.15) is 13.2 Å². The summed E-state index contributed by atoms with van der Waals surface area (Å²) in [7, 11) is 0. The fourth-order valence-electron chi connectivity index (χ4n) is 11.3. The van der Waals surface area contributed by atoms with Gasteiger partial charge >= 0.3 is 17.9 Å². The maximum Gasteiger partial charge on any atom is 0.306 e. The molecule has 0 aromatic carbocycles. The number of allylic oxidation sites excluding steroid dienone is 6. The lowest BCUT2D eigenvalue weighted by Crippen LogP contribution is -2.30. The Morgan fingerprint density at radius 3 is 0.683 bits per heavy atom. The Hall–Kier alpha value is -2.37. The SMILES string of the molecule is CCCCCCC/C=C\C/C=C\C/C=C\CCCCCCCCCCCCCCC(=O)OC(COC(=O)CCCCCCCC)COC(=O)CCCCCCCCCCCCCCCCCCCCCCCCCCCCCCCCC. The summed E-state index contributed by atoms with van der Waals surface area (Å²) in [6.07, 6.45) is 89.5. The number of carbonyl (C=O) groups excluding carboxylic acids is 3. The minimum Gasteiger partial charge on any atom is -0.462 e. The van der Waals surface area contributed by atoms with Crippen LogP contribution in [-0.4, -0.2) is 37.2 Å². The van der Waals surface area contributed by atoms with E-state index in [1.807, 2.05) is 0 Å². The zero-order valence-corrected chi connectivity index (χ0v) is 55.5. The van der Waals surface area contributed by atoms with Gasteiger partial charge in [0.2, 0.25) is 0 Å². The van der Waals surface area contributed by atoms with Crippen molar-refractivity contribution in [2.75, 3.05) is 13.2 Å². The molecule has 0 bridgehead atoms. The van der Waals surface area contributed by atoms with Gasteiger partial charge < -0.3 is 14.2 Å². The van der Waals surface area contributed by atoms with Crippen molar-refractivity contribution < 1.29 is 28.6 Å². The summed E-state index contributed by atoms with van der Waals surface area (Å²) in [5.74, 6) is -0.853. The molecule has 6 heteroatoms. The Bertz CT molecular complexity index is 1370. The van der Waals surface area contributed by atoms with Crippen LogP contribution in [0.2, 0.25) is 0 Å². The molecule has 0 fully saturated rings. The van der Waals surface area contributed by atoms with Crippen LogP contribution in [0.5, 0.6) is 0 Å². The molecule has 0 amide bonds. The fourth-order valence-corrected chi connectivity index (χ4v) is 11.3. The molecule has 0 heterocycles. The van der Waals surface area contributed by atoms with Crippen LogP contribution in [0.15, 0.2) is 36.5 Å². The second-order valence-electron chi connectivity index (χ2n) is 25.2. The van der Waals surface area contributed by atoms with E-state index in [4.69, 9.17) is 14.2 Å². The zero-order chi connectivity index (χ0) is 59.2. The standard InChI is InChI=1S/C76H142O6/c1-4-7-10-13-16-18-20-22-24-26-28-30-32-34-36-37-38-39-41-42-44-46-48-50-52-54-56-58-60-63-66-69-75(78)81-72-73(71-80-74(77)68-65-62-15-12-9-6-3)82-76(79)70-67-64-61-59-57-55-53-51-49-47-45-43-40-35-33-31-29-27-25-23-21-19-17-14-11-8-5-2/h21,23,27,29,33,35,73H,4-20,22,24-26,28,30-32,34,36-72H2,1-3H3/b23-21-,29-27-,35-33-. The second kappa shape index (κ2) is 71.1. The number of rotatable bonds is 69. The van der Waals surface area contributed by atoms with Crippen LogP contribution in [0.25, 0.3) is 0 Å². The van der Waals surface area contributed by atoms with Crippen molar-refractivity contribution in [1.29, 1.82) is 0 Å². The summed E-state index contributed by atoms with van der Waals surface area (Å²) < 4.78 is 16.9. The summed E-state index contributed by atoms with van der Waals surface area (Å²) in [5.41, 5.74) is 0. The van der Waals surface area contributed by atoms with Crippen molar-refractivity contribution in [1.82, 2.24) is 0 Å². The molecule has 1 unspecified atom stereocenters. The first-order valence-electron chi connectivity index (χ1n) is 37.0. The summed E-state index contributed by atoms with van der Waals surface area (Å²) in [6, 6.07) is 0. The molecule has 0 saturated carbocycles. The van der Waals surface area contributed by atoms with Gasteiger partial charge in [0.25, 0.3) is 0 Å². The first-order valence-corrected chi connectivity index (χ1v) is 37.0. The van der Waals surface area contributed by atoms with Crippen LogP contribution in [0.1, 0.15) is 412 Å². The molecule has 0 N–H and O–H groups in total. The molecule has 6 nitrogen and oxygen atoms in total. The molecule has 482 valence electrons. The van der Waals surface area contributed by atoms with E-state index in [-0.39, 0.29) is 31.1 Å². The highest BCUT2D eigenvalue weighted by atomic mass is 16.6. The number of esters is 3. The normalized spacial score (nSPS) is 12.2. The van der Waals surface area contributed by atoms with Crippen LogP contribution in [-0.2, 0) is 28.6 Å². The average Bonchev–Trinajstić information content (AvgIpc) is 3.47. The monoisotopic (exact) mass is 1150 g/mol. The van der Waals surface area contributed by atoms with Crippen LogP contribution < -0.4 is 0 Å². The minimum atomic E-state index is -0.769. The Balaban J connectivity index is 3.95. The number of carbonyl (C=O) groups is 3. The molecule has 0 aliphatic rings. The van der Waals surface area contributed by atoms with Crippen LogP contribution >= 0.6 is 0 Å². The van der Waals surface area contributed by atoms with Crippen molar-refractivity contribution in [2.24, 2.45) is 0 Å². The Morgan fingerprint density at radius 2 is 0.439 bits per heavy atom. The summed E-state index contributed by atoms with van der Waals surface area (Å²) >= 11 is 0. The lowest BCUT2D eigenvalue weighted by molar-refractivity contribution is -0.167. The van der Waals surface area contributed by atoms with E-state index in [2.05, 4.69) is 57.2 Å². The molecule has 0 aliphatic carbocycles. The average molecular weight is 1150 g/mol. The second-order valence-corrected chi connectivity index (χ2v) is 25.2. The third-order valence-corrected chi connectivity index (χ3v) is 16.9. The maximum atomic E-state index is 12.9. The molecule has 0 aromatic heterocycles. The summed E-state index contributed by atoms with van der Waals surface area (Å²) in [4.78, 5) is 38.1. The van der Waals surface area contributed by atoms with E-state index in [0.717, 1.165) is 70.6 Å². The van der Waals surface area contributed by atoms with Crippen molar-refractivity contribution in [3.63, 3.8) is 0 Å². The molecule has 1 atom stereocenters. The molecule has 0 spiro atoms. The van der Waals surface area contributed by atoms with E-state index >= 15 is 0 Å². The quantitative estimate of drug-likeness (QED) is 0.0261. The Morgan fingerprint density at radius 1 is 0.244 bits per heavy atom. The third kappa shape index (κ3) is 68.4. The first-order chi connectivity index (χ1) is 40.5. The summed E-state index contributed by atoms with van der Waals surface area (Å²) in [5, 5.41) is 0. The zero-order valence-electron chi connectivity index (χ0n) is 55.5. The van der Waals surface area contributed by atoms with Gasteiger partial charge in [-0.3, -0.25) is 14.4 Å². The fraction of sp³-hybridized carbons (Fsp3) is 0.882. The van der Waals surface area contributed by atoms with E-state index < -0.39 is 6.10 Å². The molecule has 0 aromatic rings. The van der Waals surface area contributed by atoms with Crippen molar-refractivity contribution in [3.8, 4) is 0 Å². The van der Waals surface area contributed by atoms with Gasteiger partial charge in [-0.2, -0.15) is 0 Å². The van der Waals surface area contributed by atoms with Crippen LogP contribution in [0.3, 0.4) is 0 Å². The maximum absolute atomic E-state index is 12.9. The predicted molar refractivity (Wildman–Crippen MR) is 358 cm³/mol. The lowest BCUT2D eigenvalue weighted by atomic mass is 10.0. The van der Waals surface area contributed by atoms with E-state index in [1.165, 1.54) is 302 Å². The van der Waals surface area contributed by atoms with Gasteiger partial charge in [-0.15, -0.1) is 0 Å². The van der Waals surface area contributed by atoms with Gasteiger partial charge in [0.15, 0.2) is 6.10 Å². The number of hydrogen-bond donors (Lipinski definition) is 0. The van der Waals surface area contributed by atoms with E-state index in [0.29, 0.717) is 19.3 Å². The molecule has 0 saturated heterocycles. The van der Waals surface area contributed by atoms with Gasteiger partial charge in [-0.25, -0.2) is 0 Å². The number of ether oxygens (including phenoxy) is 3. The molecule has 82 heavy (non-hydrogen) atoms. The van der Waals surface area contributed by atoms with E-state index in [9.17, 15) is 14.4 Å². The molecular weight excluding hydrogens is 1010 g/mol. The van der Waals surface area contributed by atoms with Gasteiger partial charge in [0.05, 0.1) is 0 Å². The summed E-state index contributed by atoms with van der Waals surface area (Å²) in [6.45, 7) is 6.64. The number of unbranched alkanes of at least 4 members (excludes halogenated alkanes) is 52. The van der Waals surface area contributed by atoms with Gasteiger partial charge in [-0.1, -0.05) is 372 Å². The molecule has 0 radical (unpaired) electrons. The molecule has 0 rings (SSSR count). The van der Waals surface area contributed by atoms with Crippen molar-refractivity contribution >= 4 is 17.9 Å². The van der Waals surface area contributed by atoms with E-state index in [1.54, 1.807) is 0 Å². The minimum absolute atomic E-state index is 0.0676. The molecular formula is C76H142O6. The number of hydrogen-bond acceptors (Lipinski definition) is 6. The smallest absolute Gasteiger partial charge is 0.306 e. The Labute approximate surface area is 512 Å². The van der Waals surface area contributed by atoms with Gasteiger partial charge in [0, 0.05) is 19.3 Å². The predicted octanol–water partition coefficient (Wildman–Crippen LogP) is 25.5. The van der Waals surface area contributed by atoms with Crippen LogP contribution in [0, 0.1) is 0 Å². The van der Waals surface area contributed by atoms with Crippen LogP contribution in [0.4, 0.5) is 0 Å². The molecule has 0 aliphatic heterocycles. The van der Waals surface area contributed by atoms with Crippen molar-refractivity contribution in [3.05, 3.63) is 36.5 Å².